The van der Waals surface area contributed by atoms with Gasteiger partial charge in [-0.2, -0.15) is 0 Å². The highest BCUT2D eigenvalue weighted by atomic mass is 35.5. The third-order valence-corrected chi connectivity index (χ3v) is 8.90. The van der Waals surface area contributed by atoms with Crippen LogP contribution in [0.5, 0.6) is 0 Å². The van der Waals surface area contributed by atoms with Crippen LogP contribution < -0.4 is 21.7 Å². The molecule has 0 heterocycles. The number of rotatable bonds is 37. The summed E-state index contributed by atoms with van der Waals surface area (Å²) in [5.41, 5.74) is 5.31. The average molecular weight is 757 g/mol. The van der Waals surface area contributed by atoms with Gasteiger partial charge in [0.05, 0.1) is 12.7 Å². The fourth-order valence-electron chi connectivity index (χ4n) is 5.90. The fraction of sp³-hybridized carbons (Fsp3) is 0.921. The molecule has 12 heteroatoms. The first-order valence-corrected chi connectivity index (χ1v) is 19.9. The Kier molecular flexibility index (Phi) is 44.3. The maximum atomic E-state index is 12.9. The van der Waals surface area contributed by atoms with Crippen LogP contribution in [0.2, 0.25) is 0 Å². The maximum absolute atomic E-state index is 12.9. The van der Waals surface area contributed by atoms with Crippen molar-refractivity contribution in [2.45, 2.75) is 193 Å². The first-order chi connectivity index (χ1) is 23.4. The summed E-state index contributed by atoms with van der Waals surface area (Å²) < 4.78 is 12.1. The van der Waals surface area contributed by atoms with Crippen LogP contribution in [0, 0.1) is 5.41 Å². The number of nitrogens with one attached hydrogen (secondary N) is 4. The van der Waals surface area contributed by atoms with Gasteiger partial charge in [0.2, 0.25) is 5.91 Å². The molecular formula is C38H79Cl2N5O5. The number of nitrogens with two attached hydrogens (primary N) is 1. The molecule has 0 bridgehead atoms. The van der Waals surface area contributed by atoms with E-state index >= 15 is 0 Å². The van der Waals surface area contributed by atoms with E-state index in [1.807, 2.05) is 0 Å². The summed E-state index contributed by atoms with van der Waals surface area (Å²) in [7, 11) is 0. The van der Waals surface area contributed by atoms with Gasteiger partial charge in [0, 0.05) is 26.3 Å². The van der Waals surface area contributed by atoms with Gasteiger partial charge in [-0.15, -0.1) is 24.8 Å². The predicted octanol–water partition coefficient (Wildman–Crippen LogP) is 9.65. The largest absolute Gasteiger partial charge is 0.465 e. The highest BCUT2D eigenvalue weighted by molar-refractivity contribution is 5.86. The zero-order valence-electron chi connectivity index (χ0n) is 32.0. The minimum Gasteiger partial charge on any atom is -0.465 e. The van der Waals surface area contributed by atoms with Gasteiger partial charge in [0.25, 0.3) is 0 Å². The topological polar surface area (TPSA) is 159 Å². The molecule has 0 aliphatic rings. The molecule has 10 nitrogen and oxygen atoms in total. The molecule has 7 N–H and O–H groups in total. The normalized spacial score (nSPS) is 12.0. The molecule has 1 unspecified atom stereocenters. The Morgan fingerprint density at radius 1 is 0.640 bits per heavy atom. The second-order valence-corrected chi connectivity index (χ2v) is 13.6. The number of unbranched alkanes of at least 4 members (excludes halogenated alkanes) is 22. The van der Waals surface area contributed by atoms with Crippen molar-refractivity contribution in [1.29, 1.82) is 5.41 Å². The van der Waals surface area contributed by atoms with E-state index < -0.39 is 12.1 Å². The lowest BCUT2D eigenvalue weighted by Crippen LogP contribution is -2.49. The number of halogens is 2. The highest BCUT2D eigenvalue weighted by Crippen LogP contribution is 2.13. The molecule has 0 fully saturated rings. The summed E-state index contributed by atoms with van der Waals surface area (Å²) >= 11 is 0. The summed E-state index contributed by atoms with van der Waals surface area (Å²) in [4.78, 5) is 24.2. The molecular weight excluding hydrogens is 677 g/mol. The molecule has 2 atom stereocenters. The van der Waals surface area contributed by atoms with Crippen molar-refractivity contribution in [3.8, 4) is 0 Å². The third kappa shape index (κ3) is 39.3. The minimum absolute atomic E-state index is 0. The summed E-state index contributed by atoms with van der Waals surface area (Å²) in [5, 5.41) is 24.3. The molecule has 2 amide bonds. The first-order valence-electron chi connectivity index (χ1n) is 19.9. The van der Waals surface area contributed by atoms with Gasteiger partial charge in [-0.25, -0.2) is 4.79 Å². The van der Waals surface area contributed by atoms with E-state index in [4.69, 9.17) is 20.6 Å². The van der Waals surface area contributed by atoms with Gasteiger partial charge in [0.1, 0.15) is 6.04 Å². The quantitative estimate of drug-likeness (QED) is 0.0209. The average Bonchev–Trinajstić information content (AvgIpc) is 3.06. The van der Waals surface area contributed by atoms with Crippen molar-refractivity contribution in [2.24, 2.45) is 5.73 Å². The molecule has 50 heavy (non-hydrogen) atoms. The van der Waals surface area contributed by atoms with Gasteiger partial charge in [-0.1, -0.05) is 155 Å². The van der Waals surface area contributed by atoms with Crippen LogP contribution >= 0.6 is 24.8 Å². The van der Waals surface area contributed by atoms with Crippen LogP contribution in [0.3, 0.4) is 0 Å². The molecule has 0 aromatic rings. The van der Waals surface area contributed by atoms with E-state index in [0.717, 1.165) is 19.3 Å². The van der Waals surface area contributed by atoms with Crippen molar-refractivity contribution in [3.05, 3.63) is 0 Å². The first kappa shape index (κ1) is 52.9. The number of hydrogen-bond donors (Lipinski definition) is 6. The molecule has 0 saturated carbocycles. The van der Waals surface area contributed by atoms with Gasteiger partial charge in [-0.3, -0.25) is 10.2 Å². The molecule has 0 radical (unpaired) electrons. The molecule has 0 saturated heterocycles. The van der Waals surface area contributed by atoms with Gasteiger partial charge < -0.3 is 36.3 Å². The standard InChI is InChI=1S/C38H77N5O5.2ClH/c1-3-5-7-9-11-13-15-17-19-21-23-25-30-47-33-34(48-31-26-24-22-20-18-16-14-12-10-8-6-4-2)32-42-36(44)35(43-38(45)46)28-27-29-41-37(39)40;;/h34-35,43H,3-33H2,1-2H3,(H,42,44)(H,45,46)(H4,39,40,41);2*1H/t34?,35-;;/m0../s1. The van der Waals surface area contributed by atoms with Crippen LogP contribution in [0.25, 0.3) is 0 Å². The number of guanidine groups is 1. The summed E-state index contributed by atoms with van der Waals surface area (Å²) in [6.07, 6.45) is 30.3. The van der Waals surface area contributed by atoms with E-state index in [2.05, 4.69) is 29.8 Å². The second kappa shape index (κ2) is 41.9. The molecule has 0 aromatic heterocycles. The number of amides is 2. The van der Waals surface area contributed by atoms with Crippen LogP contribution in [0.15, 0.2) is 0 Å². The van der Waals surface area contributed by atoms with Crippen molar-refractivity contribution < 1.29 is 24.2 Å². The Balaban J connectivity index is -0.0000110. The number of carboxylic acid groups (broad SMARTS) is 1. The number of carbonyl (C=O) groups excluding carboxylic acids is 1. The van der Waals surface area contributed by atoms with Crippen LogP contribution in [0.1, 0.15) is 181 Å². The predicted molar refractivity (Wildman–Crippen MR) is 214 cm³/mol. The molecule has 0 rings (SSSR count). The monoisotopic (exact) mass is 756 g/mol. The zero-order valence-corrected chi connectivity index (χ0v) is 33.7. The highest BCUT2D eigenvalue weighted by Gasteiger charge is 2.21. The van der Waals surface area contributed by atoms with E-state index in [9.17, 15) is 14.7 Å². The number of hydrogen-bond acceptors (Lipinski definition) is 5. The van der Waals surface area contributed by atoms with Crippen LogP contribution in [0.4, 0.5) is 4.79 Å². The van der Waals surface area contributed by atoms with Gasteiger partial charge in [0.15, 0.2) is 5.96 Å². The smallest absolute Gasteiger partial charge is 0.405 e. The SMILES string of the molecule is CCCCCCCCCCCCCCOCC(CNC(=O)[C@H](CCCNC(=N)N)NC(=O)O)OCCCCCCCCCCCCCC.Cl.Cl. The Hall–Kier alpha value is -1.49. The lowest BCUT2D eigenvalue weighted by molar-refractivity contribution is -0.124. The fourth-order valence-corrected chi connectivity index (χ4v) is 5.90. The van der Waals surface area contributed by atoms with Crippen LogP contribution in [-0.2, 0) is 14.3 Å². The van der Waals surface area contributed by atoms with Gasteiger partial charge >= 0.3 is 6.09 Å². The second-order valence-electron chi connectivity index (χ2n) is 13.6. The summed E-state index contributed by atoms with van der Waals surface area (Å²) in [6, 6.07) is -0.893. The molecule has 0 aromatic carbocycles. The minimum atomic E-state index is -1.25. The van der Waals surface area contributed by atoms with Crippen molar-refractivity contribution >= 4 is 42.8 Å². The van der Waals surface area contributed by atoms with Crippen molar-refractivity contribution in [1.82, 2.24) is 16.0 Å². The van der Waals surface area contributed by atoms with E-state index in [1.54, 1.807) is 0 Å². The lowest BCUT2D eigenvalue weighted by Gasteiger charge is -2.21. The lowest BCUT2D eigenvalue weighted by atomic mass is 10.1. The van der Waals surface area contributed by atoms with E-state index in [-0.39, 0.29) is 55.8 Å². The van der Waals surface area contributed by atoms with Gasteiger partial charge in [-0.05, 0) is 25.7 Å². The zero-order chi connectivity index (χ0) is 35.3. The third-order valence-electron chi connectivity index (χ3n) is 8.90. The summed E-state index contributed by atoms with van der Waals surface area (Å²) in [6.45, 7) is 6.87. The van der Waals surface area contributed by atoms with Crippen molar-refractivity contribution in [2.75, 3.05) is 32.9 Å². The summed E-state index contributed by atoms with van der Waals surface area (Å²) in [5.74, 6) is -0.543. The molecule has 300 valence electrons. The molecule has 0 spiro atoms. The van der Waals surface area contributed by atoms with E-state index in [0.29, 0.717) is 32.8 Å². The Morgan fingerprint density at radius 2 is 1.06 bits per heavy atom. The Bertz CT molecular complexity index is 754. The number of carbonyl (C=O) groups is 2. The number of ether oxygens (including phenoxy) is 2. The van der Waals surface area contributed by atoms with Crippen LogP contribution in [-0.4, -0.2) is 68.1 Å². The molecule has 0 aliphatic heterocycles. The molecule has 0 aliphatic carbocycles. The van der Waals surface area contributed by atoms with Crippen molar-refractivity contribution in [3.63, 3.8) is 0 Å². The Labute approximate surface area is 319 Å². The Morgan fingerprint density at radius 3 is 1.48 bits per heavy atom. The van der Waals surface area contributed by atoms with E-state index in [1.165, 1.54) is 135 Å². The maximum Gasteiger partial charge on any atom is 0.405 e.